The molecule has 0 saturated heterocycles. The van der Waals surface area contributed by atoms with Crippen molar-refractivity contribution in [1.29, 1.82) is 0 Å². The van der Waals surface area contributed by atoms with Gasteiger partial charge in [-0.1, -0.05) is 64.7 Å². The lowest BCUT2D eigenvalue weighted by molar-refractivity contribution is -0.322. The van der Waals surface area contributed by atoms with Crippen molar-refractivity contribution < 1.29 is 40.2 Å². The van der Waals surface area contributed by atoms with E-state index in [4.69, 9.17) is 9.47 Å². The van der Waals surface area contributed by atoms with Gasteiger partial charge in [0.25, 0.3) is 0 Å². The number of rotatable bonds is 19. The van der Waals surface area contributed by atoms with Crippen molar-refractivity contribution in [2.24, 2.45) is 5.92 Å². The Balaban J connectivity index is 4.90. The zero-order valence-corrected chi connectivity index (χ0v) is 19.9. The molecule has 0 N–H and O–H groups in total. The van der Waals surface area contributed by atoms with Crippen LogP contribution in [0, 0.1) is 5.92 Å². The van der Waals surface area contributed by atoms with Crippen molar-refractivity contribution in [2.75, 3.05) is 14.2 Å². The average molecular weight is 483 g/mol. The van der Waals surface area contributed by atoms with Gasteiger partial charge in [0, 0.05) is 27.1 Å². The summed E-state index contributed by atoms with van der Waals surface area (Å²) in [5.74, 6) is -12.3. The van der Waals surface area contributed by atoms with E-state index in [9.17, 15) is 22.0 Å². The van der Waals surface area contributed by atoms with Gasteiger partial charge in [0.15, 0.2) is 5.79 Å². The van der Waals surface area contributed by atoms with E-state index < -0.39 is 42.6 Å². The summed E-state index contributed by atoms with van der Waals surface area (Å²) >= 11 is 0. The summed E-state index contributed by atoms with van der Waals surface area (Å²) in [4.78, 5) is 0. The van der Waals surface area contributed by atoms with Crippen molar-refractivity contribution in [1.82, 2.24) is 0 Å². The molecule has 194 valence electrons. The van der Waals surface area contributed by atoms with Gasteiger partial charge < -0.3 is 9.47 Å². The predicted molar refractivity (Wildman–Crippen MR) is 112 cm³/mol. The van der Waals surface area contributed by atoms with Crippen LogP contribution in [0.2, 0.25) is 0 Å². The van der Waals surface area contributed by atoms with Gasteiger partial charge in [-0.25, -0.2) is 0 Å². The molecule has 32 heavy (non-hydrogen) atoms. The van der Waals surface area contributed by atoms with Crippen molar-refractivity contribution >= 4 is 0 Å². The summed E-state index contributed by atoms with van der Waals surface area (Å²) in [5, 5.41) is 0. The minimum atomic E-state index is -4.35. The molecule has 0 fully saturated rings. The van der Waals surface area contributed by atoms with Gasteiger partial charge in [0.1, 0.15) is 0 Å². The maximum absolute atomic E-state index is 15.1. The van der Waals surface area contributed by atoms with Crippen LogP contribution in [-0.2, 0) is 9.47 Å². The first-order valence-corrected chi connectivity index (χ1v) is 11.7. The van der Waals surface area contributed by atoms with Crippen LogP contribution in [0.4, 0.5) is 30.7 Å². The number of methoxy groups -OCH3 is 2. The van der Waals surface area contributed by atoms with Crippen LogP contribution in [0.5, 0.6) is 0 Å². The average Bonchev–Trinajstić information content (AvgIpc) is 2.70. The third kappa shape index (κ3) is 11.0. The van der Waals surface area contributed by atoms with Gasteiger partial charge in [-0.3, -0.25) is 0 Å². The second-order valence-corrected chi connectivity index (χ2v) is 8.74. The topological polar surface area (TPSA) is 18.5 Å². The normalized spacial score (nSPS) is 14.7. The van der Waals surface area contributed by atoms with Crippen LogP contribution >= 0.6 is 0 Å². The first kappa shape index (κ1) is 31.4. The van der Waals surface area contributed by atoms with Gasteiger partial charge in [-0.15, -0.1) is 0 Å². The zero-order chi connectivity index (χ0) is 24.9. The fraction of sp³-hybridized carbons (Fsp3) is 1.00. The molecule has 0 aromatic carbocycles. The molecule has 0 bridgehead atoms. The van der Waals surface area contributed by atoms with Gasteiger partial charge in [0.05, 0.1) is 5.92 Å². The highest BCUT2D eigenvalue weighted by Gasteiger charge is 2.64. The molecule has 0 rings (SSSR count). The van der Waals surface area contributed by atoms with Gasteiger partial charge >= 0.3 is 18.0 Å². The maximum Gasteiger partial charge on any atom is 0.389 e. The van der Waals surface area contributed by atoms with E-state index in [0.29, 0.717) is 19.3 Å². The minimum Gasteiger partial charge on any atom is -0.353 e. The molecule has 2 nitrogen and oxygen atoms in total. The number of halogens is 7. The van der Waals surface area contributed by atoms with Crippen molar-refractivity contribution in [3.05, 3.63) is 0 Å². The molecule has 0 radical (unpaired) electrons. The van der Waals surface area contributed by atoms with E-state index in [1.165, 1.54) is 6.92 Å². The molecule has 0 aromatic rings. The summed E-state index contributed by atoms with van der Waals surface area (Å²) in [6.45, 7) is 3.31. The van der Waals surface area contributed by atoms with E-state index >= 15 is 8.78 Å². The Morgan fingerprint density at radius 3 is 1.53 bits per heavy atom. The molecule has 0 aliphatic rings. The quantitative estimate of drug-likeness (QED) is 0.104. The first-order chi connectivity index (χ1) is 14.8. The summed E-state index contributed by atoms with van der Waals surface area (Å²) in [5.41, 5.74) is 0. The second kappa shape index (κ2) is 14.6. The van der Waals surface area contributed by atoms with Crippen LogP contribution in [0.3, 0.4) is 0 Å². The highest BCUT2D eigenvalue weighted by molar-refractivity contribution is 4.96. The van der Waals surface area contributed by atoms with E-state index in [1.807, 2.05) is 0 Å². The van der Waals surface area contributed by atoms with Crippen LogP contribution < -0.4 is 0 Å². The third-order valence-corrected chi connectivity index (χ3v) is 6.17. The molecule has 0 spiro atoms. The fourth-order valence-corrected chi connectivity index (χ4v) is 3.89. The Kier molecular flexibility index (Phi) is 14.4. The lowest BCUT2D eigenvalue weighted by atomic mass is 9.82. The Bertz CT molecular complexity index is 477. The van der Waals surface area contributed by atoms with E-state index in [1.54, 1.807) is 0 Å². The number of ether oxygens (including phenoxy) is 2. The largest absolute Gasteiger partial charge is 0.389 e. The lowest BCUT2D eigenvalue weighted by Gasteiger charge is -2.42. The van der Waals surface area contributed by atoms with Crippen LogP contribution in [-0.4, -0.2) is 38.0 Å². The standard InChI is InChI=1S/C23H41F7O2/c1-5-6-7-8-10-13-16-19(20(2,31-3)32-4)23(29,30)21(24,25)17-14-11-9-12-15-18-22(26,27)28/h19H,5-18H2,1-4H3. The summed E-state index contributed by atoms with van der Waals surface area (Å²) in [6.07, 6.45) is -0.980. The van der Waals surface area contributed by atoms with Crippen LogP contribution in [0.25, 0.3) is 0 Å². The number of hydrogen-bond acceptors (Lipinski definition) is 2. The zero-order valence-electron chi connectivity index (χ0n) is 19.9. The van der Waals surface area contributed by atoms with Gasteiger partial charge in [-0.2, -0.15) is 30.7 Å². The molecular formula is C23H41F7O2. The molecule has 0 amide bonds. The lowest BCUT2D eigenvalue weighted by Crippen LogP contribution is -2.56. The van der Waals surface area contributed by atoms with Crippen molar-refractivity contribution in [3.63, 3.8) is 0 Å². The SMILES string of the molecule is CCCCCCCCC(C(C)(OC)OC)C(F)(F)C(F)(F)CCCCCCCC(F)(F)F. The second-order valence-electron chi connectivity index (χ2n) is 8.74. The molecule has 1 unspecified atom stereocenters. The number of hydrogen-bond donors (Lipinski definition) is 0. The molecule has 1 atom stereocenters. The maximum atomic E-state index is 15.1. The summed E-state index contributed by atoms with van der Waals surface area (Å²) in [7, 11) is 2.32. The molecular weight excluding hydrogens is 441 g/mol. The monoisotopic (exact) mass is 482 g/mol. The molecule has 0 heterocycles. The molecule has 0 aliphatic carbocycles. The van der Waals surface area contributed by atoms with E-state index in [2.05, 4.69) is 6.92 Å². The van der Waals surface area contributed by atoms with Crippen LogP contribution in [0.15, 0.2) is 0 Å². The third-order valence-electron chi connectivity index (χ3n) is 6.17. The van der Waals surface area contributed by atoms with Crippen molar-refractivity contribution in [2.45, 2.75) is 128 Å². The smallest absolute Gasteiger partial charge is 0.353 e. The van der Waals surface area contributed by atoms with Crippen LogP contribution in [0.1, 0.15) is 104 Å². The summed E-state index contributed by atoms with van der Waals surface area (Å²) < 4.78 is 106. The Morgan fingerprint density at radius 1 is 0.625 bits per heavy atom. The first-order valence-electron chi connectivity index (χ1n) is 11.7. The van der Waals surface area contributed by atoms with Crippen molar-refractivity contribution in [3.8, 4) is 0 Å². The fourth-order valence-electron chi connectivity index (χ4n) is 3.89. The predicted octanol–water partition coefficient (Wildman–Crippen LogP) is 8.93. The highest BCUT2D eigenvalue weighted by atomic mass is 19.4. The molecule has 0 saturated carbocycles. The van der Waals surface area contributed by atoms with E-state index in [-0.39, 0.29) is 32.1 Å². The Labute approximate surface area is 188 Å². The minimum absolute atomic E-state index is 0.0869. The Hall–Kier alpha value is -0.570. The van der Waals surface area contributed by atoms with Gasteiger partial charge in [-0.05, 0) is 26.2 Å². The molecule has 9 heteroatoms. The van der Waals surface area contributed by atoms with Gasteiger partial charge in [0.2, 0.25) is 0 Å². The highest BCUT2D eigenvalue weighted by Crippen LogP contribution is 2.50. The Morgan fingerprint density at radius 2 is 1.06 bits per heavy atom. The van der Waals surface area contributed by atoms with E-state index in [0.717, 1.165) is 39.9 Å². The number of alkyl halides is 7. The molecule has 0 aliphatic heterocycles. The molecule has 0 aromatic heterocycles. The summed E-state index contributed by atoms with van der Waals surface area (Å²) in [6, 6.07) is 0. The number of unbranched alkanes of at least 4 members (excludes halogenated alkanes) is 9.